The number of rotatable bonds is 6. The van der Waals surface area contributed by atoms with Crippen LogP contribution < -0.4 is 0 Å². The van der Waals surface area contributed by atoms with Gasteiger partial charge in [0.15, 0.2) is 5.78 Å². The number of nitro benzene ring substituents is 1. The first kappa shape index (κ1) is 23.4. The van der Waals surface area contributed by atoms with Crippen LogP contribution in [-0.2, 0) is 9.59 Å². The third kappa shape index (κ3) is 3.79. The molecule has 11 heteroatoms. The molecule has 3 aliphatic rings. The number of benzene rings is 2. The van der Waals surface area contributed by atoms with E-state index in [9.17, 15) is 29.3 Å². The van der Waals surface area contributed by atoms with E-state index in [0.717, 1.165) is 35.3 Å². The maximum absolute atomic E-state index is 13.6. The Balaban J connectivity index is 1.55. The lowest BCUT2D eigenvalue weighted by Crippen LogP contribution is -2.52. The Morgan fingerprint density at radius 2 is 1.63 bits per heavy atom. The van der Waals surface area contributed by atoms with Crippen LogP contribution in [0.4, 0.5) is 5.69 Å². The molecule has 2 aliphatic carbocycles. The molecule has 1 saturated heterocycles. The zero-order valence-electron chi connectivity index (χ0n) is 18.2. The highest BCUT2D eigenvalue weighted by Gasteiger charge is 2.62. The van der Waals surface area contributed by atoms with Gasteiger partial charge in [0.05, 0.1) is 21.8 Å². The largest absolute Gasteiger partial charge is 0.292 e. The number of para-hydroxylation sites is 1. The molecule has 2 aromatic carbocycles. The molecule has 35 heavy (non-hydrogen) atoms. The molecule has 1 aliphatic heterocycles. The van der Waals surface area contributed by atoms with Crippen molar-refractivity contribution >= 4 is 52.4 Å². The lowest BCUT2D eigenvalue weighted by molar-refractivity contribution is -0.385. The second-order valence-corrected chi connectivity index (χ2v) is 9.90. The number of carbonyl (C=O) groups is 4. The molecule has 0 aromatic heterocycles. The van der Waals surface area contributed by atoms with Crippen LogP contribution in [0.1, 0.15) is 40.0 Å². The fourth-order valence-electron chi connectivity index (χ4n) is 5.75. The highest BCUT2D eigenvalue weighted by Crippen LogP contribution is 2.56. The number of hydrogen-bond donors (Lipinski definition) is 0. The number of nitro groups is 1. The molecular weight excluding hydrogens is 497 g/mol. The van der Waals surface area contributed by atoms with Gasteiger partial charge in [0, 0.05) is 16.7 Å². The summed E-state index contributed by atoms with van der Waals surface area (Å²) in [5.74, 6) is -3.73. The minimum absolute atomic E-state index is 0.0366. The SMILES string of the molecule is O=C(CN(C(=O)c1ccccc1[N+](=O)[O-])N1C(=O)[C@H]2[C@H]3CC[C@@H](C3)[C@@H]2C1=O)c1ccc(Cl)cc1Cl. The molecule has 2 bridgehead atoms. The molecule has 3 fully saturated rings. The molecule has 1 heterocycles. The van der Waals surface area contributed by atoms with Crippen molar-refractivity contribution in [2.45, 2.75) is 19.3 Å². The van der Waals surface area contributed by atoms with Crippen molar-refractivity contribution < 1.29 is 24.1 Å². The average Bonchev–Trinajstić information content (AvgIpc) is 3.51. The van der Waals surface area contributed by atoms with Crippen molar-refractivity contribution in [1.29, 1.82) is 0 Å². The Kier molecular flexibility index (Phi) is 5.85. The summed E-state index contributed by atoms with van der Waals surface area (Å²) in [4.78, 5) is 64.5. The monoisotopic (exact) mass is 515 g/mol. The number of imide groups is 1. The Morgan fingerprint density at radius 1 is 1.00 bits per heavy atom. The van der Waals surface area contributed by atoms with Crippen molar-refractivity contribution in [3.63, 3.8) is 0 Å². The second-order valence-electron chi connectivity index (χ2n) is 9.06. The Hall–Kier alpha value is -3.30. The fraction of sp³-hybridized carbons (Fsp3) is 0.333. The van der Waals surface area contributed by atoms with Crippen molar-refractivity contribution in [2.75, 3.05) is 6.54 Å². The smallest absolute Gasteiger partial charge is 0.282 e. The van der Waals surface area contributed by atoms with Gasteiger partial charge in [-0.05, 0) is 55.4 Å². The first-order valence-corrected chi connectivity index (χ1v) is 11.9. The zero-order chi connectivity index (χ0) is 25.0. The van der Waals surface area contributed by atoms with E-state index >= 15 is 0 Å². The van der Waals surface area contributed by atoms with Gasteiger partial charge in [0.2, 0.25) is 0 Å². The van der Waals surface area contributed by atoms with Crippen molar-refractivity contribution in [1.82, 2.24) is 10.0 Å². The number of halogens is 2. The van der Waals surface area contributed by atoms with Crippen LogP contribution in [-0.4, -0.2) is 45.0 Å². The Bertz CT molecular complexity index is 1270. The maximum Gasteiger partial charge on any atom is 0.282 e. The van der Waals surface area contributed by atoms with Crippen molar-refractivity contribution in [2.24, 2.45) is 23.7 Å². The normalized spacial score (nSPS) is 24.6. The summed E-state index contributed by atoms with van der Waals surface area (Å²) in [6.45, 7) is -0.710. The van der Waals surface area contributed by atoms with E-state index < -0.39 is 52.5 Å². The van der Waals surface area contributed by atoms with Gasteiger partial charge in [-0.25, -0.2) is 5.01 Å². The van der Waals surface area contributed by atoms with Crippen LogP contribution in [0.2, 0.25) is 10.0 Å². The summed E-state index contributed by atoms with van der Waals surface area (Å²) >= 11 is 12.1. The van der Waals surface area contributed by atoms with Gasteiger partial charge in [-0.3, -0.25) is 29.3 Å². The first-order chi connectivity index (χ1) is 16.7. The standard InChI is InChI=1S/C24H19Cl2N3O6/c25-14-7-8-15(17(26)10-14)19(30)11-27(22(31)16-3-1-2-4-18(16)29(34)35)28-23(32)20-12-5-6-13(9-12)21(20)24(28)33/h1-4,7-8,10,12-13,20-21H,5-6,9,11H2/t12-,13-,20-,21-/m0/s1. The van der Waals surface area contributed by atoms with Gasteiger partial charge >= 0.3 is 0 Å². The predicted octanol–water partition coefficient (Wildman–Crippen LogP) is 4.17. The fourth-order valence-corrected chi connectivity index (χ4v) is 6.27. The van der Waals surface area contributed by atoms with Gasteiger partial charge in [0.1, 0.15) is 12.1 Å². The molecule has 2 saturated carbocycles. The summed E-state index contributed by atoms with van der Waals surface area (Å²) in [5.41, 5.74) is -0.803. The number of nitrogens with zero attached hydrogens (tertiary/aromatic N) is 3. The molecule has 0 N–H and O–H groups in total. The molecule has 3 amide bonds. The van der Waals surface area contributed by atoms with Crippen LogP contribution in [0.25, 0.3) is 0 Å². The third-order valence-electron chi connectivity index (χ3n) is 7.24. The van der Waals surface area contributed by atoms with Crippen LogP contribution in [0.3, 0.4) is 0 Å². The van der Waals surface area contributed by atoms with Gasteiger partial charge in [0.25, 0.3) is 23.4 Å². The third-order valence-corrected chi connectivity index (χ3v) is 7.78. The highest BCUT2D eigenvalue weighted by molar-refractivity contribution is 6.37. The summed E-state index contributed by atoms with van der Waals surface area (Å²) in [6, 6.07) is 9.38. The summed E-state index contributed by atoms with van der Waals surface area (Å²) < 4.78 is 0. The van der Waals surface area contributed by atoms with Crippen molar-refractivity contribution in [3.05, 3.63) is 73.8 Å². The Morgan fingerprint density at radius 3 is 2.23 bits per heavy atom. The van der Waals surface area contributed by atoms with E-state index in [4.69, 9.17) is 23.2 Å². The highest BCUT2D eigenvalue weighted by atomic mass is 35.5. The Labute approximate surface area is 209 Å². The average molecular weight is 516 g/mol. The quantitative estimate of drug-likeness (QED) is 0.246. The van der Waals surface area contributed by atoms with E-state index in [2.05, 4.69) is 0 Å². The first-order valence-electron chi connectivity index (χ1n) is 11.1. The predicted molar refractivity (Wildman–Crippen MR) is 125 cm³/mol. The van der Waals surface area contributed by atoms with E-state index in [1.54, 1.807) is 0 Å². The van der Waals surface area contributed by atoms with E-state index in [1.807, 2.05) is 0 Å². The molecular formula is C24H19Cl2N3O6. The van der Waals surface area contributed by atoms with Crippen LogP contribution >= 0.6 is 23.2 Å². The van der Waals surface area contributed by atoms with E-state index in [0.29, 0.717) is 5.02 Å². The van der Waals surface area contributed by atoms with E-state index in [1.165, 1.54) is 36.4 Å². The van der Waals surface area contributed by atoms with Gasteiger partial charge < -0.3 is 0 Å². The van der Waals surface area contributed by atoms with Crippen LogP contribution in [0, 0.1) is 33.8 Å². The number of Topliss-reactive ketones (excluding diaryl/α,β-unsaturated/α-hetero) is 1. The van der Waals surface area contributed by atoms with Crippen LogP contribution in [0.15, 0.2) is 42.5 Å². The number of amides is 3. The summed E-state index contributed by atoms with van der Waals surface area (Å²) in [6.07, 6.45) is 2.45. The molecule has 2 aromatic rings. The molecule has 5 rings (SSSR count). The second kappa shape index (κ2) is 8.73. The number of carbonyl (C=O) groups excluding carboxylic acids is 4. The molecule has 9 nitrogen and oxygen atoms in total. The minimum atomic E-state index is -0.996. The summed E-state index contributed by atoms with van der Waals surface area (Å²) in [7, 11) is 0. The lowest BCUT2D eigenvalue weighted by Gasteiger charge is -2.30. The van der Waals surface area contributed by atoms with Gasteiger partial charge in [-0.2, -0.15) is 5.01 Å². The number of fused-ring (bicyclic) bond motifs is 5. The topological polar surface area (TPSA) is 118 Å². The minimum Gasteiger partial charge on any atom is -0.292 e. The van der Waals surface area contributed by atoms with Crippen LogP contribution in [0.5, 0.6) is 0 Å². The van der Waals surface area contributed by atoms with Gasteiger partial charge in [-0.1, -0.05) is 35.3 Å². The number of ketones is 1. The molecule has 0 radical (unpaired) electrons. The summed E-state index contributed by atoms with van der Waals surface area (Å²) in [5, 5.41) is 13.4. The van der Waals surface area contributed by atoms with Gasteiger partial charge in [-0.15, -0.1) is 0 Å². The maximum atomic E-state index is 13.6. The zero-order valence-corrected chi connectivity index (χ0v) is 19.7. The molecule has 180 valence electrons. The molecule has 0 unspecified atom stereocenters. The molecule has 4 atom stereocenters. The number of hydrogen-bond acceptors (Lipinski definition) is 6. The lowest BCUT2D eigenvalue weighted by atomic mass is 9.81. The molecule has 0 spiro atoms. The van der Waals surface area contributed by atoms with E-state index in [-0.39, 0.29) is 28.0 Å². The number of hydrazine groups is 1. The van der Waals surface area contributed by atoms with Crippen molar-refractivity contribution in [3.8, 4) is 0 Å².